The van der Waals surface area contributed by atoms with Gasteiger partial charge in [0.2, 0.25) is 11.7 Å². The second-order valence-electron chi connectivity index (χ2n) is 13.6. The molecule has 300 valence electrons. The number of piperazine rings is 1. The summed E-state index contributed by atoms with van der Waals surface area (Å²) in [6, 6.07) is 9.51. The fraction of sp³-hybridized carbons (Fsp3) is 0.378. The van der Waals surface area contributed by atoms with Crippen molar-refractivity contribution >= 4 is 40.6 Å². The molecular formula is C37H37ClF4N10O5. The van der Waals surface area contributed by atoms with Crippen molar-refractivity contribution in [3.8, 4) is 22.9 Å². The van der Waals surface area contributed by atoms with E-state index in [4.69, 9.17) is 16.3 Å². The number of benzene rings is 2. The Kier molecular flexibility index (Phi) is 11.0. The predicted octanol–water partition coefficient (Wildman–Crippen LogP) is 4.23. The monoisotopic (exact) mass is 812 g/mol. The minimum atomic E-state index is -4.64. The first-order chi connectivity index (χ1) is 27.2. The number of ether oxygens (including phenoxy) is 1. The lowest BCUT2D eigenvalue weighted by Gasteiger charge is -2.38. The summed E-state index contributed by atoms with van der Waals surface area (Å²) >= 11 is 6.14. The molecule has 3 aromatic heterocycles. The average molecular weight is 813 g/mol. The van der Waals surface area contributed by atoms with Gasteiger partial charge in [-0.15, -0.1) is 5.10 Å². The van der Waals surface area contributed by atoms with Gasteiger partial charge < -0.3 is 29.5 Å². The molecule has 0 bridgehead atoms. The van der Waals surface area contributed by atoms with Crippen molar-refractivity contribution in [3.05, 3.63) is 86.8 Å². The number of aryl methyl sites for hydroxylation is 1. The number of carbonyl (C=O) groups excluding carboxylic acids is 2. The van der Waals surface area contributed by atoms with Gasteiger partial charge in [-0.25, -0.2) is 14.4 Å². The number of carbonyl (C=O) groups is 2. The molecule has 0 spiro atoms. The normalized spacial score (nSPS) is 15.2. The van der Waals surface area contributed by atoms with Gasteiger partial charge in [0.15, 0.2) is 17.3 Å². The molecule has 2 aliphatic rings. The van der Waals surface area contributed by atoms with Crippen LogP contribution in [0, 0.1) is 6.92 Å². The van der Waals surface area contributed by atoms with Gasteiger partial charge in [0.25, 0.3) is 11.5 Å². The van der Waals surface area contributed by atoms with E-state index < -0.39 is 42.3 Å². The molecule has 2 N–H and O–H groups in total. The maximum Gasteiger partial charge on any atom is 0.416 e. The van der Waals surface area contributed by atoms with Crippen molar-refractivity contribution in [1.82, 2.24) is 38.9 Å². The Morgan fingerprint density at radius 3 is 2.42 bits per heavy atom. The van der Waals surface area contributed by atoms with Gasteiger partial charge in [-0.3, -0.25) is 19.3 Å². The van der Waals surface area contributed by atoms with Crippen LogP contribution in [0.25, 0.3) is 17.2 Å². The van der Waals surface area contributed by atoms with Crippen LogP contribution in [0.15, 0.2) is 53.6 Å². The molecule has 20 heteroatoms. The quantitative estimate of drug-likeness (QED) is 0.184. The molecule has 0 aliphatic carbocycles. The van der Waals surface area contributed by atoms with Gasteiger partial charge in [-0.1, -0.05) is 18.5 Å². The Morgan fingerprint density at radius 1 is 1.05 bits per heavy atom. The number of hydrogen-bond acceptors (Lipinski definition) is 11. The Morgan fingerprint density at radius 2 is 1.77 bits per heavy atom. The SMILES string of the molecule is CCc1c(N2CCN(C(=O)c3ncnc(C)c3O)CC2)c(=O)n2nc(-c3ccc(OC4CN(CCF)C4)cc3)nc2n1CC(=O)Nc1ccc(C(F)(F)F)cc1Cl. The lowest BCUT2D eigenvalue weighted by atomic mass is 10.1. The summed E-state index contributed by atoms with van der Waals surface area (Å²) < 4.78 is 61.1. The Bertz CT molecular complexity index is 2380. The molecule has 2 amide bonds. The zero-order chi connectivity index (χ0) is 40.6. The van der Waals surface area contributed by atoms with E-state index in [1.165, 1.54) is 15.8 Å². The van der Waals surface area contributed by atoms with Crippen LogP contribution >= 0.6 is 11.6 Å². The Balaban J connectivity index is 1.20. The zero-order valence-electron chi connectivity index (χ0n) is 30.8. The Hall–Kier alpha value is -5.82. The number of rotatable bonds is 11. The van der Waals surface area contributed by atoms with E-state index in [1.807, 2.05) is 4.90 Å². The maximum atomic E-state index is 14.4. The van der Waals surface area contributed by atoms with E-state index in [0.717, 1.165) is 22.7 Å². The molecule has 15 nitrogen and oxygen atoms in total. The molecule has 0 radical (unpaired) electrons. The number of aromatic hydroxyl groups is 1. The lowest BCUT2D eigenvalue weighted by molar-refractivity contribution is -0.137. The van der Waals surface area contributed by atoms with Gasteiger partial charge in [-0.05, 0) is 55.8 Å². The molecule has 5 aromatic rings. The minimum Gasteiger partial charge on any atom is -0.504 e. The van der Waals surface area contributed by atoms with Crippen molar-refractivity contribution in [2.24, 2.45) is 0 Å². The van der Waals surface area contributed by atoms with Crippen LogP contribution in [-0.4, -0.2) is 114 Å². The summed E-state index contributed by atoms with van der Waals surface area (Å²) in [5, 5.41) is 17.2. The smallest absolute Gasteiger partial charge is 0.416 e. The van der Waals surface area contributed by atoms with Crippen LogP contribution < -0.4 is 20.5 Å². The fourth-order valence-corrected chi connectivity index (χ4v) is 7.09. The number of amides is 2. The third-order valence-electron chi connectivity index (χ3n) is 9.86. The molecule has 0 unspecified atom stereocenters. The third kappa shape index (κ3) is 8.06. The largest absolute Gasteiger partial charge is 0.504 e. The van der Waals surface area contributed by atoms with E-state index in [9.17, 15) is 37.1 Å². The van der Waals surface area contributed by atoms with Gasteiger partial charge in [0.1, 0.15) is 37.1 Å². The molecule has 0 saturated carbocycles. The molecule has 7 rings (SSSR count). The molecule has 5 heterocycles. The fourth-order valence-electron chi connectivity index (χ4n) is 6.86. The average Bonchev–Trinajstić information content (AvgIpc) is 3.63. The second-order valence-corrected chi connectivity index (χ2v) is 14.0. The standard InChI is InChI=1S/C37H37ClF4N10O5/c1-3-28-31(49-12-14-50(15-13-49)34(55)30-32(54)21(2)43-20-44-30)35(56)52-36(51(28)19-29(53)45-27-9-6-23(16-26(27)38)37(40,41)42)46-33(47-52)22-4-7-24(8-5-22)57-25-17-48(18-25)11-10-39/h4-9,16,20,25,54H,3,10-15,17-19H2,1-2H3,(H,45,53). The summed E-state index contributed by atoms with van der Waals surface area (Å²) in [5.41, 5.74) is -0.227. The number of halogens is 5. The number of likely N-dealkylation sites (tertiary alicyclic amines) is 1. The molecule has 2 aliphatic heterocycles. The number of nitrogens with zero attached hydrogens (tertiary/aromatic N) is 9. The number of alkyl halides is 4. The van der Waals surface area contributed by atoms with Gasteiger partial charge in [0, 0.05) is 51.4 Å². The summed E-state index contributed by atoms with van der Waals surface area (Å²) in [5.74, 6) is -0.675. The van der Waals surface area contributed by atoms with Crippen LogP contribution in [0.4, 0.5) is 28.9 Å². The van der Waals surface area contributed by atoms with E-state index in [2.05, 4.69) is 25.4 Å². The van der Waals surface area contributed by atoms with Crippen LogP contribution in [0.1, 0.15) is 34.4 Å². The molecule has 0 atom stereocenters. The molecule has 2 fully saturated rings. The first-order valence-corrected chi connectivity index (χ1v) is 18.4. The molecule has 2 aromatic carbocycles. The number of nitrogens with one attached hydrogen (secondary N) is 1. The van der Waals surface area contributed by atoms with Crippen LogP contribution in [0.3, 0.4) is 0 Å². The minimum absolute atomic E-state index is 0.0374. The van der Waals surface area contributed by atoms with Crippen LogP contribution in [0.5, 0.6) is 11.5 Å². The highest BCUT2D eigenvalue weighted by Gasteiger charge is 2.33. The lowest BCUT2D eigenvalue weighted by Crippen LogP contribution is -2.54. The first-order valence-electron chi connectivity index (χ1n) is 18.0. The third-order valence-corrected chi connectivity index (χ3v) is 10.2. The summed E-state index contributed by atoms with van der Waals surface area (Å²) in [6.07, 6.45) is -3.26. The van der Waals surface area contributed by atoms with Crippen molar-refractivity contribution in [2.75, 3.05) is 62.7 Å². The van der Waals surface area contributed by atoms with Gasteiger partial charge >= 0.3 is 6.18 Å². The number of anilines is 2. The summed E-state index contributed by atoms with van der Waals surface area (Å²) in [4.78, 5) is 59.1. The van der Waals surface area contributed by atoms with Crippen LogP contribution in [0.2, 0.25) is 5.02 Å². The number of fused-ring (bicyclic) bond motifs is 1. The topological polar surface area (TPSA) is 163 Å². The van der Waals surface area contributed by atoms with Crippen molar-refractivity contribution in [3.63, 3.8) is 0 Å². The number of aromatic nitrogens is 6. The van der Waals surface area contributed by atoms with Crippen molar-refractivity contribution in [1.29, 1.82) is 0 Å². The summed E-state index contributed by atoms with van der Waals surface area (Å²) in [6.45, 7) is 4.83. The first kappa shape index (κ1) is 39.4. The van der Waals surface area contributed by atoms with Crippen molar-refractivity contribution in [2.45, 2.75) is 39.1 Å². The van der Waals surface area contributed by atoms with E-state index in [-0.39, 0.29) is 83.8 Å². The Labute approximate surface area is 327 Å². The highest BCUT2D eigenvalue weighted by Crippen LogP contribution is 2.34. The zero-order valence-corrected chi connectivity index (χ0v) is 31.5. The van der Waals surface area contributed by atoms with Gasteiger partial charge in [-0.2, -0.15) is 22.7 Å². The van der Waals surface area contributed by atoms with E-state index in [0.29, 0.717) is 36.6 Å². The van der Waals surface area contributed by atoms with Crippen LogP contribution in [-0.2, 0) is 23.9 Å². The molecular weight excluding hydrogens is 776 g/mol. The second kappa shape index (κ2) is 16.0. The predicted molar refractivity (Wildman–Crippen MR) is 201 cm³/mol. The van der Waals surface area contributed by atoms with E-state index >= 15 is 0 Å². The highest BCUT2D eigenvalue weighted by molar-refractivity contribution is 6.33. The van der Waals surface area contributed by atoms with Gasteiger partial charge in [0.05, 0.1) is 27.7 Å². The van der Waals surface area contributed by atoms with E-state index in [1.54, 1.807) is 43.0 Å². The molecule has 2 saturated heterocycles. The highest BCUT2D eigenvalue weighted by atomic mass is 35.5. The summed E-state index contributed by atoms with van der Waals surface area (Å²) in [7, 11) is 0. The maximum absolute atomic E-state index is 14.4. The molecule has 57 heavy (non-hydrogen) atoms. The van der Waals surface area contributed by atoms with Crippen molar-refractivity contribution < 1.29 is 37.0 Å². The number of hydrogen-bond donors (Lipinski definition) is 2.